The number of rotatable bonds is 7. The second kappa shape index (κ2) is 7.71. The normalized spacial score (nSPS) is 19.9. The van der Waals surface area contributed by atoms with Gasteiger partial charge in [0.05, 0.1) is 37.4 Å². The number of hydrogen-bond acceptors (Lipinski definition) is 3. The molecule has 0 bridgehead atoms. The van der Waals surface area contributed by atoms with E-state index in [9.17, 15) is 5.11 Å². The van der Waals surface area contributed by atoms with Gasteiger partial charge >= 0.3 is 0 Å². The van der Waals surface area contributed by atoms with Gasteiger partial charge in [0, 0.05) is 17.2 Å². The third kappa shape index (κ3) is 4.13. The van der Waals surface area contributed by atoms with Crippen LogP contribution in [0.2, 0.25) is 0 Å². The summed E-state index contributed by atoms with van der Waals surface area (Å²) in [6.07, 6.45) is 10.3. The lowest BCUT2D eigenvalue weighted by Crippen LogP contribution is -2.27. The van der Waals surface area contributed by atoms with Gasteiger partial charge < -0.3 is 14.4 Å². The molecule has 1 aromatic carbocycles. The van der Waals surface area contributed by atoms with Crippen LogP contribution in [0.5, 0.6) is 0 Å². The SMILES string of the molecule is OC(COC1CCCCC1)Cn1cnc(-c2ccccc2)c1C1CC1. The first-order chi connectivity index (χ1) is 12.3. The van der Waals surface area contributed by atoms with Gasteiger partial charge in [-0.05, 0) is 25.7 Å². The number of ether oxygens (including phenoxy) is 1. The minimum Gasteiger partial charge on any atom is -0.389 e. The number of aliphatic hydroxyl groups excluding tert-OH is 1. The highest BCUT2D eigenvalue weighted by molar-refractivity contribution is 5.63. The molecule has 1 atom stereocenters. The molecule has 2 aliphatic carbocycles. The van der Waals surface area contributed by atoms with Crippen LogP contribution in [0.4, 0.5) is 0 Å². The van der Waals surface area contributed by atoms with E-state index in [4.69, 9.17) is 4.74 Å². The number of hydrogen-bond donors (Lipinski definition) is 1. The van der Waals surface area contributed by atoms with E-state index < -0.39 is 6.10 Å². The van der Waals surface area contributed by atoms with Gasteiger partial charge in [-0.15, -0.1) is 0 Å². The molecule has 134 valence electrons. The van der Waals surface area contributed by atoms with Crippen LogP contribution in [0.1, 0.15) is 56.6 Å². The van der Waals surface area contributed by atoms with Gasteiger partial charge in [-0.3, -0.25) is 0 Å². The number of imidazole rings is 1. The van der Waals surface area contributed by atoms with Crippen molar-refractivity contribution < 1.29 is 9.84 Å². The fourth-order valence-corrected chi connectivity index (χ4v) is 3.90. The molecule has 0 spiro atoms. The fraction of sp³-hybridized carbons (Fsp3) is 0.571. The average molecular weight is 340 g/mol. The molecule has 2 fully saturated rings. The van der Waals surface area contributed by atoms with E-state index >= 15 is 0 Å². The third-order valence-electron chi connectivity index (χ3n) is 5.37. The van der Waals surface area contributed by atoms with Crippen LogP contribution in [0, 0.1) is 0 Å². The van der Waals surface area contributed by atoms with Crippen LogP contribution < -0.4 is 0 Å². The van der Waals surface area contributed by atoms with Gasteiger partial charge in [0.1, 0.15) is 0 Å². The summed E-state index contributed by atoms with van der Waals surface area (Å²) >= 11 is 0. The smallest absolute Gasteiger partial charge is 0.0957 e. The van der Waals surface area contributed by atoms with Gasteiger partial charge in [-0.1, -0.05) is 49.6 Å². The standard InChI is InChI=1S/C21H28N2O2/c24-18(14-25-19-9-5-2-6-10-19)13-23-15-22-20(21(23)17-11-12-17)16-7-3-1-4-8-16/h1,3-4,7-8,15,17-19,24H,2,5-6,9-14H2. The van der Waals surface area contributed by atoms with Gasteiger partial charge in [0.15, 0.2) is 0 Å². The molecule has 1 aromatic heterocycles. The minimum atomic E-state index is -0.475. The molecule has 0 amide bonds. The van der Waals surface area contributed by atoms with Gasteiger partial charge in [-0.25, -0.2) is 4.98 Å². The fourth-order valence-electron chi connectivity index (χ4n) is 3.90. The van der Waals surface area contributed by atoms with Crippen molar-refractivity contribution >= 4 is 0 Å². The monoisotopic (exact) mass is 340 g/mol. The number of aromatic nitrogens is 2. The molecule has 4 heteroatoms. The second-order valence-electron chi connectivity index (χ2n) is 7.52. The highest BCUT2D eigenvalue weighted by Gasteiger charge is 2.31. The topological polar surface area (TPSA) is 47.3 Å². The van der Waals surface area contributed by atoms with Crippen LogP contribution in [0.15, 0.2) is 36.7 Å². The summed E-state index contributed by atoms with van der Waals surface area (Å²) < 4.78 is 8.09. The maximum atomic E-state index is 10.5. The van der Waals surface area contributed by atoms with E-state index in [1.54, 1.807) is 0 Å². The van der Waals surface area contributed by atoms with Crippen molar-refractivity contribution in [1.82, 2.24) is 9.55 Å². The summed E-state index contributed by atoms with van der Waals surface area (Å²) in [7, 11) is 0. The first-order valence-electron chi connectivity index (χ1n) is 9.71. The lowest BCUT2D eigenvalue weighted by Gasteiger charge is -2.23. The highest BCUT2D eigenvalue weighted by Crippen LogP contribution is 2.44. The van der Waals surface area contributed by atoms with Crippen molar-refractivity contribution in [3.8, 4) is 11.3 Å². The van der Waals surface area contributed by atoms with Crippen molar-refractivity contribution in [3.05, 3.63) is 42.4 Å². The summed E-state index contributed by atoms with van der Waals surface area (Å²) in [6.45, 7) is 0.992. The van der Waals surface area contributed by atoms with E-state index in [-0.39, 0.29) is 0 Å². The van der Waals surface area contributed by atoms with Gasteiger partial charge in [0.2, 0.25) is 0 Å². The average Bonchev–Trinajstić information content (AvgIpc) is 3.42. The first kappa shape index (κ1) is 16.8. The molecule has 2 aliphatic rings. The predicted octanol–water partition coefficient (Wildman–Crippen LogP) is 4.14. The van der Waals surface area contributed by atoms with E-state index in [0.29, 0.717) is 25.2 Å². The van der Waals surface area contributed by atoms with E-state index in [0.717, 1.165) is 24.1 Å². The van der Waals surface area contributed by atoms with Crippen molar-refractivity contribution in [1.29, 1.82) is 0 Å². The quantitative estimate of drug-likeness (QED) is 0.824. The van der Waals surface area contributed by atoms with E-state index in [1.807, 2.05) is 12.4 Å². The lowest BCUT2D eigenvalue weighted by atomic mass is 9.98. The Morgan fingerprint density at radius 1 is 1.08 bits per heavy atom. The Hall–Kier alpha value is -1.65. The third-order valence-corrected chi connectivity index (χ3v) is 5.37. The second-order valence-corrected chi connectivity index (χ2v) is 7.52. The van der Waals surface area contributed by atoms with Crippen molar-refractivity contribution in [2.45, 2.75) is 69.6 Å². The zero-order valence-electron chi connectivity index (χ0n) is 14.8. The summed E-state index contributed by atoms with van der Waals surface area (Å²) in [5.74, 6) is 0.587. The molecule has 1 N–H and O–H groups in total. The summed E-state index contributed by atoms with van der Waals surface area (Å²) in [6, 6.07) is 10.4. The molecular formula is C21H28N2O2. The zero-order valence-corrected chi connectivity index (χ0v) is 14.8. The lowest BCUT2D eigenvalue weighted by molar-refractivity contribution is -0.0285. The largest absolute Gasteiger partial charge is 0.389 e. The molecule has 2 aromatic rings. The van der Waals surface area contributed by atoms with Crippen LogP contribution in [-0.4, -0.2) is 33.5 Å². The summed E-state index contributed by atoms with van der Waals surface area (Å²) in [5.41, 5.74) is 3.52. The molecule has 4 rings (SSSR count). The Labute approximate surface area is 149 Å². The van der Waals surface area contributed by atoms with Crippen molar-refractivity contribution in [2.24, 2.45) is 0 Å². The minimum absolute atomic E-state index is 0.342. The molecule has 25 heavy (non-hydrogen) atoms. The molecular weight excluding hydrogens is 312 g/mol. The van der Waals surface area contributed by atoms with Crippen LogP contribution in [0.3, 0.4) is 0 Å². The predicted molar refractivity (Wildman–Crippen MR) is 98.5 cm³/mol. The summed E-state index contributed by atoms with van der Waals surface area (Å²) in [4.78, 5) is 4.66. The molecule has 1 unspecified atom stereocenters. The number of aliphatic hydroxyl groups is 1. The van der Waals surface area contributed by atoms with Crippen LogP contribution in [-0.2, 0) is 11.3 Å². The van der Waals surface area contributed by atoms with E-state index in [2.05, 4.69) is 33.8 Å². The Morgan fingerprint density at radius 2 is 1.84 bits per heavy atom. The molecule has 2 saturated carbocycles. The number of benzene rings is 1. The van der Waals surface area contributed by atoms with E-state index in [1.165, 1.54) is 37.8 Å². The van der Waals surface area contributed by atoms with Crippen molar-refractivity contribution in [2.75, 3.05) is 6.61 Å². The molecule has 0 saturated heterocycles. The Balaban J connectivity index is 1.42. The Kier molecular flexibility index (Phi) is 5.18. The molecule has 1 heterocycles. The summed E-state index contributed by atoms with van der Waals surface area (Å²) in [5, 5.41) is 10.5. The van der Waals surface area contributed by atoms with Gasteiger partial charge in [-0.2, -0.15) is 0 Å². The maximum absolute atomic E-state index is 10.5. The zero-order chi connectivity index (χ0) is 17.1. The van der Waals surface area contributed by atoms with Gasteiger partial charge in [0.25, 0.3) is 0 Å². The van der Waals surface area contributed by atoms with Crippen molar-refractivity contribution in [3.63, 3.8) is 0 Å². The molecule has 0 radical (unpaired) electrons. The first-order valence-corrected chi connectivity index (χ1v) is 9.71. The highest BCUT2D eigenvalue weighted by atomic mass is 16.5. The van der Waals surface area contributed by atoms with Crippen LogP contribution >= 0.6 is 0 Å². The molecule has 0 aliphatic heterocycles. The molecule has 4 nitrogen and oxygen atoms in total. The maximum Gasteiger partial charge on any atom is 0.0957 e. The Morgan fingerprint density at radius 3 is 2.56 bits per heavy atom. The number of nitrogens with zero attached hydrogens (tertiary/aromatic N) is 2. The Bertz CT molecular complexity index is 672. The van der Waals surface area contributed by atoms with Crippen LogP contribution in [0.25, 0.3) is 11.3 Å².